The number of halogens is 1. The van der Waals surface area contributed by atoms with Gasteiger partial charge in [-0.2, -0.15) is 0 Å². The summed E-state index contributed by atoms with van der Waals surface area (Å²) in [5.41, 5.74) is 1.05. The number of fused-ring (bicyclic) bond motifs is 1. The Morgan fingerprint density at radius 2 is 2.27 bits per heavy atom. The maximum atomic E-state index is 5.47. The average molecular weight is 489 g/mol. The standard InChI is InChI=1S/C18H27N5OS.HI/c1-3-19-17(23(2)12-14-8-11-24-13-14)20-9-10-21-18-22-15-6-4-5-7-16(15)25-18;/h4-7,14H,3,8-13H2,1-2H3,(H,19,20)(H,21,22);1H. The van der Waals surface area contributed by atoms with E-state index in [1.54, 1.807) is 11.3 Å². The molecule has 26 heavy (non-hydrogen) atoms. The van der Waals surface area contributed by atoms with Gasteiger partial charge in [0, 0.05) is 39.2 Å². The van der Waals surface area contributed by atoms with Crippen molar-refractivity contribution >= 4 is 56.6 Å². The van der Waals surface area contributed by atoms with Gasteiger partial charge < -0.3 is 20.3 Å². The second kappa shape index (κ2) is 10.9. The number of aromatic nitrogens is 1. The number of aliphatic imine (C=N–C) groups is 1. The number of hydrogen-bond acceptors (Lipinski definition) is 5. The molecule has 0 aliphatic carbocycles. The van der Waals surface area contributed by atoms with Crippen molar-refractivity contribution < 1.29 is 4.74 Å². The summed E-state index contributed by atoms with van der Waals surface area (Å²) in [5.74, 6) is 1.57. The van der Waals surface area contributed by atoms with Gasteiger partial charge in [0.15, 0.2) is 11.1 Å². The van der Waals surface area contributed by atoms with Gasteiger partial charge in [-0.25, -0.2) is 4.98 Å². The van der Waals surface area contributed by atoms with E-state index < -0.39 is 0 Å². The van der Waals surface area contributed by atoms with Crippen molar-refractivity contribution in [3.8, 4) is 0 Å². The van der Waals surface area contributed by atoms with Crippen LogP contribution in [-0.4, -0.2) is 62.3 Å². The molecule has 1 unspecified atom stereocenters. The molecule has 0 radical (unpaired) electrons. The molecule has 3 rings (SSSR count). The lowest BCUT2D eigenvalue weighted by Gasteiger charge is -2.24. The topological polar surface area (TPSA) is 61.8 Å². The van der Waals surface area contributed by atoms with E-state index in [1.807, 2.05) is 18.2 Å². The number of anilines is 1. The van der Waals surface area contributed by atoms with E-state index >= 15 is 0 Å². The zero-order valence-electron chi connectivity index (χ0n) is 15.4. The number of nitrogens with zero attached hydrogens (tertiary/aromatic N) is 3. The minimum atomic E-state index is 0. The molecule has 144 valence electrons. The first-order chi connectivity index (χ1) is 12.3. The summed E-state index contributed by atoms with van der Waals surface area (Å²) in [4.78, 5) is 11.5. The highest BCUT2D eigenvalue weighted by Crippen LogP contribution is 2.24. The summed E-state index contributed by atoms with van der Waals surface area (Å²) in [6, 6.07) is 8.20. The fourth-order valence-corrected chi connectivity index (χ4v) is 3.83. The van der Waals surface area contributed by atoms with E-state index in [4.69, 9.17) is 9.73 Å². The molecule has 2 heterocycles. The lowest BCUT2D eigenvalue weighted by atomic mass is 10.1. The summed E-state index contributed by atoms with van der Waals surface area (Å²) in [6.07, 6.45) is 1.14. The molecule has 1 atom stereocenters. The van der Waals surface area contributed by atoms with Gasteiger partial charge in [0.25, 0.3) is 0 Å². The number of benzene rings is 1. The summed E-state index contributed by atoms with van der Waals surface area (Å²) in [7, 11) is 2.10. The molecular formula is C18H28IN5OS. The monoisotopic (exact) mass is 489 g/mol. The zero-order valence-corrected chi connectivity index (χ0v) is 18.5. The summed E-state index contributed by atoms with van der Waals surface area (Å²) in [5, 5.41) is 7.70. The lowest BCUT2D eigenvalue weighted by molar-refractivity contribution is 0.181. The molecule has 2 N–H and O–H groups in total. The third-order valence-electron chi connectivity index (χ3n) is 4.20. The van der Waals surface area contributed by atoms with Crippen LogP contribution in [0.3, 0.4) is 0 Å². The maximum Gasteiger partial charge on any atom is 0.193 e. The van der Waals surface area contributed by atoms with Crippen molar-refractivity contribution in [2.75, 3.05) is 51.8 Å². The van der Waals surface area contributed by atoms with Crippen LogP contribution in [0.25, 0.3) is 10.2 Å². The van der Waals surface area contributed by atoms with E-state index in [0.29, 0.717) is 12.5 Å². The Labute approximate surface area is 176 Å². The van der Waals surface area contributed by atoms with Crippen molar-refractivity contribution in [3.05, 3.63) is 24.3 Å². The van der Waals surface area contributed by atoms with Crippen molar-refractivity contribution in [2.24, 2.45) is 10.9 Å². The van der Waals surface area contributed by atoms with Crippen LogP contribution < -0.4 is 10.6 Å². The number of rotatable bonds is 7. The molecule has 0 spiro atoms. The van der Waals surface area contributed by atoms with Crippen molar-refractivity contribution in [1.82, 2.24) is 15.2 Å². The first-order valence-corrected chi connectivity index (χ1v) is 9.74. The van der Waals surface area contributed by atoms with E-state index in [2.05, 4.69) is 40.6 Å². The van der Waals surface area contributed by atoms with Crippen LogP contribution in [0.2, 0.25) is 0 Å². The molecular weight excluding hydrogens is 461 g/mol. The van der Waals surface area contributed by atoms with Crippen LogP contribution in [-0.2, 0) is 4.74 Å². The number of ether oxygens (including phenoxy) is 1. The van der Waals surface area contributed by atoms with E-state index in [9.17, 15) is 0 Å². The fourth-order valence-electron chi connectivity index (χ4n) is 2.94. The summed E-state index contributed by atoms with van der Waals surface area (Å²) >= 11 is 1.68. The highest BCUT2D eigenvalue weighted by molar-refractivity contribution is 14.0. The van der Waals surface area contributed by atoms with Gasteiger partial charge >= 0.3 is 0 Å². The number of hydrogen-bond donors (Lipinski definition) is 2. The van der Waals surface area contributed by atoms with Gasteiger partial charge in [-0.1, -0.05) is 23.5 Å². The Morgan fingerprint density at radius 3 is 3.00 bits per heavy atom. The highest BCUT2D eigenvalue weighted by Gasteiger charge is 2.18. The first-order valence-electron chi connectivity index (χ1n) is 8.93. The number of nitrogens with one attached hydrogen (secondary N) is 2. The maximum absolute atomic E-state index is 5.47. The molecule has 6 nitrogen and oxygen atoms in total. The molecule has 1 fully saturated rings. The minimum Gasteiger partial charge on any atom is -0.381 e. The molecule has 1 aromatic heterocycles. The minimum absolute atomic E-state index is 0. The number of thiazole rings is 1. The predicted octanol–water partition coefficient (Wildman–Crippen LogP) is 3.26. The van der Waals surface area contributed by atoms with Gasteiger partial charge in [0.2, 0.25) is 0 Å². The number of guanidine groups is 1. The van der Waals surface area contributed by atoms with Crippen LogP contribution in [0.15, 0.2) is 29.3 Å². The molecule has 1 aliphatic heterocycles. The summed E-state index contributed by atoms with van der Waals surface area (Å²) in [6.45, 7) is 7.19. The molecule has 0 saturated carbocycles. The normalized spacial score (nSPS) is 17.2. The van der Waals surface area contributed by atoms with Crippen molar-refractivity contribution in [2.45, 2.75) is 13.3 Å². The second-order valence-corrected chi connectivity index (χ2v) is 7.29. The Balaban J connectivity index is 0.00000243. The Bertz CT molecular complexity index is 669. The predicted molar refractivity (Wildman–Crippen MR) is 121 cm³/mol. The third kappa shape index (κ3) is 5.95. The Morgan fingerprint density at radius 1 is 1.42 bits per heavy atom. The Kier molecular flexibility index (Phi) is 8.86. The van der Waals surface area contributed by atoms with Gasteiger partial charge in [-0.15, -0.1) is 24.0 Å². The molecule has 0 bridgehead atoms. The second-order valence-electron chi connectivity index (χ2n) is 6.26. The molecule has 1 aliphatic rings. The van der Waals surface area contributed by atoms with Crippen LogP contribution in [0.4, 0.5) is 5.13 Å². The van der Waals surface area contributed by atoms with E-state index in [-0.39, 0.29) is 24.0 Å². The fraction of sp³-hybridized carbons (Fsp3) is 0.556. The van der Waals surface area contributed by atoms with Gasteiger partial charge in [0.1, 0.15) is 0 Å². The molecule has 2 aromatic rings. The molecule has 1 saturated heterocycles. The van der Waals surface area contributed by atoms with Gasteiger partial charge in [-0.3, -0.25) is 4.99 Å². The lowest BCUT2D eigenvalue weighted by Crippen LogP contribution is -2.41. The molecule has 0 amide bonds. The van der Waals surface area contributed by atoms with Gasteiger partial charge in [0.05, 0.1) is 23.4 Å². The first kappa shape index (κ1) is 21.2. The zero-order chi connectivity index (χ0) is 17.5. The van der Waals surface area contributed by atoms with Crippen LogP contribution >= 0.6 is 35.3 Å². The largest absolute Gasteiger partial charge is 0.381 e. The molecule has 1 aromatic carbocycles. The van der Waals surface area contributed by atoms with E-state index in [1.165, 1.54) is 4.70 Å². The van der Waals surface area contributed by atoms with E-state index in [0.717, 1.165) is 55.9 Å². The van der Waals surface area contributed by atoms with Crippen molar-refractivity contribution in [3.63, 3.8) is 0 Å². The van der Waals surface area contributed by atoms with Crippen molar-refractivity contribution in [1.29, 1.82) is 0 Å². The number of para-hydroxylation sites is 1. The SMILES string of the molecule is CCNC(=NCCNc1nc2ccccc2s1)N(C)CC1CCOC1.I. The quantitative estimate of drug-likeness (QED) is 0.271. The molecule has 8 heteroatoms. The third-order valence-corrected chi connectivity index (χ3v) is 5.19. The average Bonchev–Trinajstić information content (AvgIpc) is 3.26. The van der Waals surface area contributed by atoms with Gasteiger partial charge in [-0.05, 0) is 25.5 Å². The van der Waals surface area contributed by atoms with Crippen LogP contribution in [0.1, 0.15) is 13.3 Å². The van der Waals surface area contributed by atoms with Crippen LogP contribution in [0, 0.1) is 5.92 Å². The highest BCUT2D eigenvalue weighted by atomic mass is 127. The Hall–Kier alpha value is -1.13. The van der Waals surface area contributed by atoms with Crippen LogP contribution in [0.5, 0.6) is 0 Å². The summed E-state index contributed by atoms with van der Waals surface area (Å²) < 4.78 is 6.68. The smallest absolute Gasteiger partial charge is 0.193 e.